The van der Waals surface area contributed by atoms with E-state index in [2.05, 4.69) is 116 Å². The summed E-state index contributed by atoms with van der Waals surface area (Å²) in [4.78, 5) is 12.4. The number of aliphatic hydroxyl groups excluding tert-OH is 2. The molecule has 1 amide bonds. The second-order valence-electron chi connectivity index (χ2n) is 16.9. The first-order valence-electron chi connectivity index (χ1n) is 25.4. The predicted molar refractivity (Wildman–Crippen MR) is 266 cm³/mol. The SMILES string of the molecule is CC/C=C\C/C=C\C/C=C\C/C=C\C/C=C\C/C=C\C/C=C\C/C=C\CCCCCCCCCCC(=O)NC(CO)C(O)CCCCCCCCCCCCCCCCC. The van der Waals surface area contributed by atoms with Crippen LogP contribution in [0.1, 0.15) is 232 Å². The molecule has 0 aromatic heterocycles. The van der Waals surface area contributed by atoms with Crippen LogP contribution in [-0.4, -0.2) is 34.9 Å². The van der Waals surface area contributed by atoms with Gasteiger partial charge in [-0.25, -0.2) is 0 Å². The van der Waals surface area contributed by atoms with E-state index in [0.717, 1.165) is 77.0 Å². The van der Waals surface area contributed by atoms with Gasteiger partial charge in [-0.05, 0) is 77.0 Å². The number of carbonyl (C=O) groups excluding carboxylic acids is 1. The van der Waals surface area contributed by atoms with Crippen LogP contribution in [0.4, 0.5) is 0 Å². The maximum atomic E-state index is 12.4. The highest BCUT2D eigenvalue weighted by atomic mass is 16.3. The Hall–Kier alpha value is -2.69. The fourth-order valence-corrected chi connectivity index (χ4v) is 7.26. The van der Waals surface area contributed by atoms with Crippen LogP contribution in [0.3, 0.4) is 0 Å². The molecular formula is C56H97NO3. The van der Waals surface area contributed by atoms with Gasteiger partial charge >= 0.3 is 0 Å². The number of rotatable bonds is 45. The fourth-order valence-electron chi connectivity index (χ4n) is 7.26. The molecular weight excluding hydrogens is 735 g/mol. The monoisotopic (exact) mass is 832 g/mol. The van der Waals surface area contributed by atoms with Crippen molar-refractivity contribution < 1.29 is 15.0 Å². The Morgan fingerprint density at radius 1 is 0.417 bits per heavy atom. The molecule has 0 aromatic rings. The van der Waals surface area contributed by atoms with E-state index in [-0.39, 0.29) is 12.5 Å². The third-order valence-corrected chi connectivity index (χ3v) is 11.1. The van der Waals surface area contributed by atoms with Gasteiger partial charge in [-0.1, -0.05) is 246 Å². The minimum Gasteiger partial charge on any atom is -0.394 e. The first-order chi connectivity index (χ1) is 29.7. The second-order valence-corrected chi connectivity index (χ2v) is 16.9. The van der Waals surface area contributed by atoms with E-state index < -0.39 is 12.1 Å². The smallest absolute Gasteiger partial charge is 0.220 e. The summed E-state index contributed by atoms with van der Waals surface area (Å²) in [7, 11) is 0. The number of aliphatic hydroxyl groups is 2. The molecule has 0 aromatic carbocycles. The molecule has 0 fully saturated rings. The average Bonchev–Trinajstić information content (AvgIpc) is 3.25. The number of carbonyl (C=O) groups is 1. The van der Waals surface area contributed by atoms with Gasteiger partial charge in [0.05, 0.1) is 18.8 Å². The molecule has 0 saturated carbocycles. The standard InChI is InChI=1S/C56H97NO3/c1-3-5-7-9-11-13-15-17-19-20-21-22-23-24-25-26-27-28-29-30-31-32-33-34-35-36-38-40-42-44-46-48-50-52-56(60)57-54(53-58)55(59)51-49-47-45-43-41-39-37-18-16-14-12-10-8-6-4-2/h5,7,11,13,17,19,21-22,24-25,27-28,30-31,33-34,54-55,58-59H,3-4,6,8-10,12,14-16,18,20,23,26,29,32,35-53H2,1-2H3,(H,57,60)/b7-5-,13-11-,19-17-,22-21-,25-24-,28-27-,31-30-,34-33-. The molecule has 0 spiro atoms. The number of unbranched alkanes of at least 4 members (excludes halogenated alkanes) is 22. The molecule has 2 unspecified atom stereocenters. The van der Waals surface area contributed by atoms with Crippen LogP contribution in [-0.2, 0) is 4.79 Å². The first kappa shape index (κ1) is 57.3. The van der Waals surface area contributed by atoms with Gasteiger partial charge in [0.15, 0.2) is 0 Å². The summed E-state index contributed by atoms with van der Waals surface area (Å²) in [5.41, 5.74) is 0. The Bertz CT molecular complexity index is 1130. The Morgan fingerprint density at radius 3 is 1.10 bits per heavy atom. The van der Waals surface area contributed by atoms with Crippen molar-refractivity contribution in [2.45, 2.75) is 244 Å². The molecule has 0 aliphatic heterocycles. The normalized spacial score (nSPS) is 13.7. The van der Waals surface area contributed by atoms with Crippen LogP contribution in [0.2, 0.25) is 0 Å². The van der Waals surface area contributed by atoms with Gasteiger partial charge in [-0.15, -0.1) is 0 Å². The van der Waals surface area contributed by atoms with E-state index in [4.69, 9.17) is 0 Å². The molecule has 0 radical (unpaired) electrons. The van der Waals surface area contributed by atoms with Crippen LogP contribution in [0, 0.1) is 0 Å². The zero-order valence-corrected chi connectivity index (χ0v) is 39.4. The van der Waals surface area contributed by atoms with Gasteiger partial charge < -0.3 is 15.5 Å². The summed E-state index contributed by atoms with van der Waals surface area (Å²) in [6, 6.07) is -0.547. The maximum absolute atomic E-state index is 12.4. The van der Waals surface area contributed by atoms with Gasteiger partial charge in [0.1, 0.15) is 0 Å². The molecule has 0 heterocycles. The van der Waals surface area contributed by atoms with Gasteiger partial charge in [0.2, 0.25) is 5.91 Å². The van der Waals surface area contributed by atoms with Crippen molar-refractivity contribution in [3.8, 4) is 0 Å². The van der Waals surface area contributed by atoms with E-state index in [9.17, 15) is 15.0 Å². The summed E-state index contributed by atoms with van der Waals surface area (Å²) in [5.74, 6) is -0.0435. The third-order valence-electron chi connectivity index (χ3n) is 11.1. The van der Waals surface area contributed by atoms with Crippen LogP contribution >= 0.6 is 0 Å². The number of allylic oxidation sites excluding steroid dienone is 16. The number of hydrogen-bond acceptors (Lipinski definition) is 3. The Balaban J connectivity index is 3.59. The van der Waals surface area contributed by atoms with Gasteiger partial charge in [0.25, 0.3) is 0 Å². The molecule has 0 aliphatic rings. The highest BCUT2D eigenvalue weighted by molar-refractivity contribution is 5.76. The van der Waals surface area contributed by atoms with Crippen molar-refractivity contribution in [2.75, 3.05) is 6.61 Å². The minimum atomic E-state index is -0.669. The van der Waals surface area contributed by atoms with Crippen LogP contribution in [0.5, 0.6) is 0 Å². The minimum absolute atomic E-state index is 0.0435. The van der Waals surface area contributed by atoms with Crippen molar-refractivity contribution in [1.82, 2.24) is 5.32 Å². The number of nitrogens with one attached hydrogen (secondary N) is 1. The fraction of sp³-hybridized carbons (Fsp3) is 0.696. The summed E-state index contributed by atoms with van der Waals surface area (Å²) in [6.45, 7) is 4.24. The molecule has 2 atom stereocenters. The quantitative estimate of drug-likeness (QED) is 0.0423. The Kier molecular flexibility index (Phi) is 48.4. The predicted octanol–water partition coefficient (Wildman–Crippen LogP) is 16.6. The van der Waals surface area contributed by atoms with E-state index in [1.165, 1.54) is 128 Å². The van der Waals surface area contributed by atoms with Crippen molar-refractivity contribution in [3.05, 3.63) is 97.2 Å². The lowest BCUT2D eigenvalue weighted by Gasteiger charge is -2.22. The highest BCUT2D eigenvalue weighted by Crippen LogP contribution is 2.15. The first-order valence-corrected chi connectivity index (χ1v) is 25.4. The zero-order chi connectivity index (χ0) is 43.5. The van der Waals surface area contributed by atoms with Crippen LogP contribution in [0.15, 0.2) is 97.2 Å². The molecule has 0 bridgehead atoms. The van der Waals surface area contributed by atoms with Crippen molar-refractivity contribution in [1.29, 1.82) is 0 Å². The third kappa shape index (κ3) is 46.4. The molecule has 0 aliphatic carbocycles. The lowest BCUT2D eigenvalue weighted by molar-refractivity contribution is -0.123. The summed E-state index contributed by atoms with van der Waals surface area (Å²) >= 11 is 0. The van der Waals surface area contributed by atoms with Crippen molar-refractivity contribution >= 4 is 5.91 Å². The summed E-state index contributed by atoms with van der Waals surface area (Å²) in [6.07, 6.45) is 75.0. The van der Waals surface area contributed by atoms with Crippen LogP contribution < -0.4 is 5.32 Å². The van der Waals surface area contributed by atoms with E-state index in [0.29, 0.717) is 12.8 Å². The number of amides is 1. The van der Waals surface area contributed by atoms with Gasteiger partial charge in [-0.3, -0.25) is 4.79 Å². The maximum Gasteiger partial charge on any atom is 0.220 e. The largest absolute Gasteiger partial charge is 0.394 e. The van der Waals surface area contributed by atoms with E-state index >= 15 is 0 Å². The second kappa shape index (κ2) is 50.7. The van der Waals surface area contributed by atoms with Crippen molar-refractivity contribution in [2.24, 2.45) is 0 Å². The molecule has 4 heteroatoms. The average molecular weight is 832 g/mol. The Morgan fingerprint density at radius 2 is 0.733 bits per heavy atom. The highest BCUT2D eigenvalue weighted by Gasteiger charge is 2.20. The van der Waals surface area contributed by atoms with Gasteiger partial charge in [0, 0.05) is 6.42 Å². The molecule has 0 rings (SSSR count). The van der Waals surface area contributed by atoms with E-state index in [1.807, 2.05) is 0 Å². The summed E-state index contributed by atoms with van der Waals surface area (Å²) < 4.78 is 0. The molecule has 60 heavy (non-hydrogen) atoms. The lowest BCUT2D eigenvalue weighted by atomic mass is 10.0. The zero-order valence-electron chi connectivity index (χ0n) is 39.4. The summed E-state index contributed by atoms with van der Waals surface area (Å²) in [5, 5.41) is 23.2. The van der Waals surface area contributed by atoms with E-state index in [1.54, 1.807) is 0 Å². The molecule has 344 valence electrons. The number of hydrogen-bond donors (Lipinski definition) is 3. The molecule has 3 N–H and O–H groups in total. The van der Waals surface area contributed by atoms with Gasteiger partial charge in [-0.2, -0.15) is 0 Å². The lowest BCUT2D eigenvalue weighted by Crippen LogP contribution is -2.45. The molecule has 4 nitrogen and oxygen atoms in total. The van der Waals surface area contributed by atoms with Crippen LogP contribution in [0.25, 0.3) is 0 Å². The molecule has 0 saturated heterocycles. The Labute approximate surface area is 373 Å². The van der Waals surface area contributed by atoms with Crippen molar-refractivity contribution in [3.63, 3.8) is 0 Å². The topological polar surface area (TPSA) is 69.6 Å².